The summed E-state index contributed by atoms with van der Waals surface area (Å²) in [5.74, 6) is 6.92. The fourth-order valence-electron chi connectivity index (χ4n) is 4.63. The van der Waals surface area contributed by atoms with Crippen molar-refractivity contribution in [3.63, 3.8) is 0 Å². The van der Waals surface area contributed by atoms with Crippen LogP contribution in [0, 0.1) is 29.6 Å². The van der Waals surface area contributed by atoms with Gasteiger partial charge in [0.05, 0.1) is 0 Å². The zero-order valence-corrected chi connectivity index (χ0v) is 8.67. The van der Waals surface area contributed by atoms with Gasteiger partial charge < -0.3 is 0 Å². The predicted molar refractivity (Wildman–Crippen MR) is 56.7 cm³/mol. The van der Waals surface area contributed by atoms with E-state index in [9.17, 15) is 0 Å². The molecule has 0 nitrogen and oxygen atoms in total. The summed E-state index contributed by atoms with van der Waals surface area (Å²) >= 11 is 2.29. The molecular formula is C12H16S. The Morgan fingerprint density at radius 1 is 1.08 bits per heavy atom. The van der Waals surface area contributed by atoms with Crippen molar-refractivity contribution in [3.05, 3.63) is 12.2 Å². The van der Waals surface area contributed by atoms with E-state index in [2.05, 4.69) is 23.9 Å². The van der Waals surface area contributed by atoms with E-state index < -0.39 is 0 Å². The van der Waals surface area contributed by atoms with Gasteiger partial charge in [-0.2, -0.15) is 11.8 Å². The largest absolute Gasteiger partial charge is 0.158 e. The highest BCUT2D eigenvalue weighted by Gasteiger charge is 2.58. The molecule has 0 aromatic carbocycles. The Morgan fingerprint density at radius 3 is 3.08 bits per heavy atom. The van der Waals surface area contributed by atoms with Crippen molar-refractivity contribution in [1.29, 1.82) is 0 Å². The van der Waals surface area contributed by atoms with Crippen LogP contribution in [-0.4, -0.2) is 11.0 Å². The first-order chi connectivity index (χ1) is 6.45. The molecule has 70 valence electrons. The summed E-state index contributed by atoms with van der Waals surface area (Å²) in [6.07, 6.45) is 9.55. The Labute approximate surface area is 84.2 Å². The molecule has 0 unspecified atom stereocenters. The van der Waals surface area contributed by atoms with Gasteiger partial charge in [0.1, 0.15) is 0 Å². The first kappa shape index (κ1) is 7.39. The highest BCUT2D eigenvalue weighted by Crippen LogP contribution is 2.64. The lowest BCUT2D eigenvalue weighted by atomic mass is 9.74. The van der Waals surface area contributed by atoms with Crippen LogP contribution >= 0.6 is 11.8 Å². The van der Waals surface area contributed by atoms with E-state index in [-0.39, 0.29) is 0 Å². The average molecular weight is 192 g/mol. The van der Waals surface area contributed by atoms with Crippen molar-refractivity contribution in [3.8, 4) is 0 Å². The minimum atomic E-state index is 1.01. The highest BCUT2D eigenvalue weighted by atomic mass is 32.2. The molecule has 1 saturated heterocycles. The Kier molecular flexibility index (Phi) is 1.34. The number of hydrogen-bond acceptors (Lipinski definition) is 1. The Hall–Kier alpha value is 0.0900. The van der Waals surface area contributed by atoms with Crippen molar-refractivity contribution in [1.82, 2.24) is 0 Å². The molecule has 0 aromatic rings. The molecule has 1 heteroatoms. The third kappa shape index (κ3) is 0.766. The highest BCUT2D eigenvalue weighted by molar-refractivity contribution is 8.00. The summed E-state index contributed by atoms with van der Waals surface area (Å²) in [7, 11) is 0. The Morgan fingerprint density at radius 2 is 2.08 bits per heavy atom. The second-order valence-corrected chi connectivity index (χ2v) is 6.54. The van der Waals surface area contributed by atoms with E-state index in [1.807, 2.05) is 0 Å². The minimum Gasteiger partial charge on any atom is -0.158 e. The molecule has 4 rings (SSSR count). The number of fused-ring (bicyclic) bond motifs is 8. The molecule has 0 aromatic heterocycles. The van der Waals surface area contributed by atoms with Crippen LogP contribution in [0.1, 0.15) is 19.3 Å². The van der Waals surface area contributed by atoms with Crippen LogP contribution < -0.4 is 0 Å². The summed E-state index contributed by atoms with van der Waals surface area (Å²) < 4.78 is 0. The van der Waals surface area contributed by atoms with Crippen LogP contribution in [0.5, 0.6) is 0 Å². The van der Waals surface area contributed by atoms with E-state index >= 15 is 0 Å². The molecule has 0 amide bonds. The zero-order chi connectivity index (χ0) is 8.41. The quantitative estimate of drug-likeness (QED) is 0.532. The first-order valence-electron chi connectivity index (χ1n) is 5.73. The van der Waals surface area contributed by atoms with Crippen molar-refractivity contribution in [2.24, 2.45) is 29.6 Å². The summed E-state index contributed by atoms with van der Waals surface area (Å²) in [6.45, 7) is 0. The van der Waals surface area contributed by atoms with Crippen LogP contribution in [0.3, 0.4) is 0 Å². The molecule has 3 aliphatic carbocycles. The van der Waals surface area contributed by atoms with Crippen LogP contribution in [0.4, 0.5) is 0 Å². The summed E-state index contributed by atoms with van der Waals surface area (Å²) in [4.78, 5) is 0. The van der Waals surface area contributed by atoms with Gasteiger partial charge in [-0.25, -0.2) is 0 Å². The smallest absolute Gasteiger partial charge is 0.0112 e. The minimum absolute atomic E-state index is 1.01. The first-order valence-corrected chi connectivity index (χ1v) is 6.78. The lowest BCUT2D eigenvalue weighted by molar-refractivity contribution is 0.217. The summed E-state index contributed by atoms with van der Waals surface area (Å²) in [5.41, 5.74) is 0. The molecule has 0 radical (unpaired) electrons. The second kappa shape index (κ2) is 2.36. The molecule has 6 atom stereocenters. The zero-order valence-electron chi connectivity index (χ0n) is 7.86. The summed E-state index contributed by atoms with van der Waals surface area (Å²) in [5, 5.41) is 1.08. The van der Waals surface area contributed by atoms with E-state index in [0.29, 0.717) is 0 Å². The maximum absolute atomic E-state index is 2.55. The molecule has 0 N–H and O–H groups in total. The number of allylic oxidation sites excluding steroid dienone is 2. The molecule has 1 heterocycles. The fourth-order valence-corrected chi connectivity index (χ4v) is 6.44. The van der Waals surface area contributed by atoms with Gasteiger partial charge in [-0.15, -0.1) is 0 Å². The Balaban J connectivity index is 1.75. The third-order valence-electron chi connectivity index (χ3n) is 5.01. The second-order valence-electron chi connectivity index (χ2n) is 5.26. The maximum atomic E-state index is 2.55. The molecule has 0 spiro atoms. The van der Waals surface area contributed by atoms with Gasteiger partial charge in [-0.1, -0.05) is 12.2 Å². The van der Waals surface area contributed by atoms with Gasteiger partial charge >= 0.3 is 0 Å². The van der Waals surface area contributed by atoms with Crippen molar-refractivity contribution in [2.75, 3.05) is 5.75 Å². The van der Waals surface area contributed by atoms with Gasteiger partial charge in [0, 0.05) is 5.25 Å². The average Bonchev–Trinajstić information content (AvgIpc) is 2.81. The molecule has 2 bridgehead atoms. The van der Waals surface area contributed by atoms with E-state index in [1.165, 1.54) is 12.2 Å². The topological polar surface area (TPSA) is 0 Å². The van der Waals surface area contributed by atoms with E-state index in [0.717, 1.165) is 34.8 Å². The molecular weight excluding hydrogens is 176 g/mol. The number of hydrogen-bond donors (Lipinski definition) is 0. The summed E-state index contributed by atoms with van der Waals surface area (Å²) in [6, 6.07) is 0. The molecule has 4 aliphatic rings. The van der Waals surface area contributed by atoms with Gasteiger partial charge in [-0.05, 0) is 54.6 Å². The maximum Gasteiger partial charge on any atom is 0.0112 e. The standard InChI is InChI=1S/C12H16S/c1-2-7-8(3-1)11-6-10(7)9-4-5-13-12(9)11/h1,3,7-12H,2,4-6H2/t7-,8+,9-,10-,11+,12-/m1/s1. The van der Waals surface area contributed by atoms with Gasteiger partial charge in [0.2, 0.25) is 0 Å². The number of thioether (sulfide) groups is 1. The van der Waals surface area contributed by atoms with E-state index in [1.54, 1.807) is 12.8 Å². The van der Waals surface area contributed by atoms with Gasteiger partial charge in [-0.3, -0.25) is 0 Å². The van der Waals surface area contributed by atoms with Crippen molar-refractivity contribution in [2.45, 2.75) is 24.5 Å². The lowest BCUT2D eigenvalue weighted by Gasteiger charge is -2.33. The molecule has 1 aliphatic heterocycles. The van der Waals surface area contributed by atoms with Crippen LogP contribution in [-0.2, 0) is 0 Å². The van der Waals surface area contributed by atoms with E-state index in [4.69, 9.17) is 0 Å². The van der Waals surface area contributed by atoms with Crippen LogP contribution in [0.25, 0.3) is 0 Å². The third-order valence-corrected chi connectivity index (χ3v) is 6.56. The molecule has 13 heavy (non-hydrogen) atoms. The monoisotopic (exact) mass is 192 g/mol. The van der Waals surface area contributed by atoms with Gasteiger partial charge in [0.25, 0.3) is 0 Å². The molecule has 3 fully saturated rings. The van der Waals surface area contributed by atoms with Crippen molar-refractivity contribution >= 4 is 11.8 Å². The predicted octanol–water partition coefficient (Wildman–Crippen LogP) is 2.95. The number of rotatable bonds is 0. The van der Waals surface area contributed by atoms with Crippen molar-refractivity contribution < 1.29 is 0 Å². The fraction of sp³-hybridized carbons (Fsp3) is 0.833. The van der Waals surface area contributed by atoms with Crippen LogP contribution in [0.2, 0.25) is 0 Å². The Bertz CT molecular complexity index is 268. The normalized spacial score (nSPS) is 61.5. The molecule has 2 saturated carbocycles. The van der Waals surface area contributed by atoms with Gasteiger partial charge in [0.15, 0.2) is 0 Å². The lowest BCUT2D eigenvalue weighted by Crippen LogP contribution is -2.31. The van der Waals surface area contributed by atoms with Crippen LogP contribution in [0.15, 0.2) is 12.2 Å². The SMILES string of the molecule is C1=C[C@H]2[C@@H](C1)[C@H]1C[C@@H]2[C@@H]2SCC[C@H]12.